The molecule has 0 spiro atoms. The van der Waals surface area contributed by atoms with Gasteiger partial charge in [-0.1, -0.05) is 12.1 Å². The van der Waals surface area contributed by atoms with Crippen LogP contribution in [-0.2, 0) is 16.6 Å². The minimum Gasteiger partial charge on any atom is -0.399 e. The van der Waals surface area contributed by atoms with Crippen LogP contribution >= 0.6 is 15.9 Å². The van der Waals surface area contributed by atoms with Crippen molar-refractivity contribution in [3.8, 4) is 0 Å². The van der Waals surface area contributed by atoms with Crippen LogP contribution in [0, 0.1) is 5.82 Å². The first kappa shape index (κ1) is 13.2. The average molecular weight is 328 g/mol. The van der Waals surface area contributed by atoms with Crippen LogP contribution in [0.3, 0.4) is 0 Å². The Morgan fingerprint density at radius 1 is 1.22 bits per heavy atom. The number of hydrogen-bond acceptors (Lipinski definition) is 2. The van der Waals surface area contributed by atoms with E-state index in [4.69, 9.17) is 5.73 Å². The van der Waals surface area contributed by atoms with Gasteiger partial charge in [0.05, 0.1) is 21.4 Å². The van der Waals surface area contributed by atoms with Crippen LogP contribution in [0.1, 0.15) is 5.56 Å². The second kappa shape index (κ2) is 5.63. The van der Waals surface area contributed by atoms with Crippen LogP contribution in [0.2, 0.25) is 0 Å². The zero-order chi connectivity index (χ0) is 13.1. The third-order valence-corrected chi connectivity index (χ3v) is 4.76. The lowest BCUT2D eigenvalue weighted by Crippen LogP contribution is -1.99. The predicted molar refractivity (Wildman–Crippen MR) is 75.1 cm³/mol. The number of halogens is 2. The first-order valence-corrected chi connectivity index (χ1v) is 7.35. The van der Waals surface area contributed by atoms with Gasteiger partial charge in [-0.15, -0.1) is 0 Å². The summed E-state index contributed by atoms with van der Waals surface area (Å²) in [5.74, 6) is -0.168. The molecule has 2 aromatic carbocycles. The number of anilines is 1. The quantitative estimate of drug-likeness (QED) is 0.877. The van der Waals surface area contributed by atoms with Crippen molar-refractivity contribution in [2.45, 2.75) is 10.6 Å². The van der Waals surface area contributed by atoms with E-state index in [1.165, 1.54) is 12.1 Å². The Kier molecular flexibility index (Phi) is 4.14. The molecule has 94 valence electrons. The maximum absolute atomic E-state index is 13.2. The van der Waals surface area contributed by atoms with E-state index in [0.717, 1.165) is 4.47 Å². The Labute approximate surface area is 116 Å². The molecular weight excluding hydrogens is 317 g/mol. The van der Waals surface area contributed by atoms with Crippen molar-refractivity contribution in [3.63, 3.8) is 0 Å². The largest absolute Gasteiger partial charge is 0.399 e. The van der Waals surface area contributed by atoms with Crippen LogP contribution < -0.4 is 5.73 Å². The van der Waals surface area contributed by atoms with Crippen molar-refractivity contribution >= 4 is 32.4 Å². The molecule has 0 bridgehead atoms. The summed E-state index contributed by atoms with van der Waals surface area (Å²) in [4.78, 5) is 0.695. The smallest absolute Gasteiger partial charge is 0.125 e. The van der Waals surface area contributed by atoms with E-state index in [0.29, 0.717) is 16.1 Å². The predicted octanol–water partition coefficient (Wildman–Crippen LogP) is 3.48. The molecule has 1 unspecified atom stereocenters. The van der Waals surface area contributed by atoms with E-state index in [-0.39, 0.29) is 5.75 Å². The van der Waals surface area contributed by atoms with Gasteiger partial charge < -0.3 is 5.73 Å². The van der Waals surface area contributed by atoms with Crippen molar-refractivity contribution in [1.29, 1.82) is 0 Å². The first-order valence-electron chi connectivity index (χ1n) is 5.24. The lowest BCUT2D eigenvalue weighted by atomic mass is 10.2. The minimum absolute atomic E-state index is 0.241. The lowest BCUT2D eigenvalue weighted by molar-refractivity contribution is 0.627. The summed E-state index contributed by atoms with van der Waals surface area (Å²) in [7, 11) is -1.23. The van der Waals surface area contributed by atoms with Crippen LogP contribution in [-0.4, -0.2) is 4.21 Å². The van der Waals surface area contributed by atoms with Crippen molar-refractivity contribution in [2.75, 3.05) is 5.73 Å². The number of nitrogens with two attached hydrogens (primary N) is 1. The Hall–Kier alpha value is -1.20. The van der Waals surface area contributed by atoms with Gasteiger partial charge >= 0.3 is 0 Å². The van der Waals surface area contributed by atoms with Gasteiger partial charge in [-0.3, -0.25) is 4.21 Å². The van der Waals surface area contributed by atoms with Crippen molar-refractivity contribution in [2.24, 2.45) is 0 Å². The highest BCUT2D eigenvalue weighted by Gasteiger charge is 2.09. The van der Waals surface area contributed by atoms with Gasteiger partial charge in [0.25, 0.3) is 0 Å². The number of benzene rings is 2. The molecule has 0 radical (unpaired) electrons. The van der Waals surface area contributed by atoms with Gasteiger partial charge in [0, 0.05) is 10.2 Å². The van der Waals surface area contributed by atoms with E-state index in [2.05, 4.69) is 15.9 Å². The highest BCUT2D eigenvalue weighted by atomic mass is 79.9. The van der Waals surface area contributed by atoms with E-state index in [1.807, 2.05) is 18.2 Å². The third-order valence-electron chi connectivity index (χ3n) is 2.36. The molecule has 2 nitrogen and oxygen atoms in total. The van der Waals surface area contributed by atoms with Gasteiger partial charge in [0.1, 0.15) is 5.82 Å². The first-order chi connectivity index (χ1) is 8.56. The van der Waals surface area contributed by atoms with E-state index < -0.39 is 16.6 Å². The summed E-state index contributed by atoms with van der Waals surface area (Å²) in [6.07, 6.45) is 0. The van der Waals surface area contributed by atoms with Gasteiger partial charge in [-0.25, -0.2) is 4.39 Å². The fraction of sp³-hybridized carbons (Fsp3) is 0.0769. The van der Waals surface area contributed by atoms with Crippen LogP contribution in [0.4, 0.5) is 10.1 Å². The van der Waals surface area contributed by atoms with E-state index in [9.17, 15) is 8.60 Å². The summed E-state index contributed by atoms with van der Waals surface area (Å²) < 4.78 is 26.1. The summed E-state index contributed by atoms with van der Waals surface area (Å²) >= 11 is 3.35. The Bertz CT molecular complexity index is 583. The van der Waals surface area contributed by atoms with Crippen molar-refractivity contribution < 1.29 is 8.60 Å². The molecule has 0 fully saturated rings. The van der Waals surface area contributed by atoms with Crippen LogP contribution in [0.5, 0.6) is 0 Å². The SMILES string of the molecule is Nc1cc(F)cc(CS(=O)c2ccccc2Br)c1. The summed E-state index contributed by atoms with van der Waals surface area (Å²) in [6, 6.07) is 11.5. The van der Waals surface area contributed by atoms with E-state index in [1.54, 1.807) is 12.1 Å². The Morgan fingerprint density at radius 2 is 1.94 bits per heavy atom. The second-order valence-corrected chi connectivity index (χ2v) is 6.09. The molecule has 0 heterocycles. The molecule has 2 rings (SSSR count). The van der Waals surface area contributed by atoms with Crippen molar-refractivity contribution in [1.82, 2.24) is 0 Å². The molecule has 18 heavy (non-hydrogen) atoms. The maximum Gasteiger partial charge on any atom is 0.125 e. The fourth-order valence-electron chi connectivity index (χ4n) is 1.62. The zero-order valence-electron chi connectivity index (χ0n) is 9.40. The molecule has 0 saturated heterocycles. The molecule has 0 amide bonds. The van der Waals surface area contributed by atoms with Gasteiger partial charge in [-0.05, 0) is 51.8 Å². The molecule has 0 aliphatic carbocycles. The highest BCUT2D eigenvalue weighted by Crippen LogP contribution is 2.22. The third kappa shape index (κ3) is 3.17. The number of hydrogen-bond donors (Lipinski definition) is 1. The number of nitrogen functional groups attached to an aromatic ring is 1. The molecule has 0 aliphatic heterocycles. The van der Waals surface area contributed by atoms with Crippen LogP contribution in [0.15, 0.2) is 51.8 Å². The molecule has 0 saturated carbocycles. The molecule has 0 aromatic heterocycles. The average Bonchev–Trinajstić information content (AvgIpc) is 2.27. The van der Waals surface area contributed by atoms with Gasteiger partial charge in [0.15, 0.2) is 0 Å². The van der Waals surface area contributed by atoms with Crippen molar-refractivity contribution in [3.05, 3.63) is 58.3 Å². The highest BCUT2D eigenvalue weighted by molar-refractivity contribution is 9.10. The summed E-state index contributed by atoms with van der Waals surface area (Å²) in [5.41, 5.74) is 6.52. The maximum atomic E-state index is 13.2. The monoisotopic (exact) mass is 327 g/mol. The lowest BCUT2D eigenvalue weighted by Gasteiger charge is -2.06. The summed E-state index contributed by atoms with van der Waals surface area (Å²) in [6.45, 7) is 0. The Balaban J connectivity index is 2.24. The molecule has 2 aromatic rings. The van der Waals surface area contributed by atoms with Crippen LogP contribution in [0.25, 0.3) is 0 Å². The molecule has 2 N–H and O–H groups in total. The van der Waals surface area contributed by atoms with E-state index >= 15 is 0 Å². The standard InChI is InChI=1S/C13H11BrFNOS/c14-12-3-1-2-4-13(12)18(17)8-9-5-10(15)7-11(16)6-9/h1-7H,8,16H2. The molecule has 5 heteroatoms. The minimum atomic E-state index is -1.23. The Morgan fingerprint density at radius 3 is 2.61 bits per heavy atom. The second-order valence-electron chi connectivity index (χ2n) is 3.81. The fourth-order valence-corrected chi connectivity index (χ4v) is 3.58. The normalized spacial score (nSPS) is 12.3. The zero-order valence-corrected chi connectivity index (χ0v) is 11.8. The summed E-state index contributed by atoms with van der Waals surface area (Å²) in [5, 5.41) is 0. The molecule has 0 aliphatic rings. The van der Waals surface area contributed by atoms with Gasteiger partial charge in [-0.2, -0.15) is 0 Å². The molecule has 1 atom stereocenters. The van der Waals surface area contributed by atoms with Gasteiger partial charge in [0.2, 0.25) is 0 Å². The molecular formula is C13H11BrFNOS. The topological polar surface area (TPSA) is 43.1 Å². The number of rotatable bonds is 3.